The summed E-state index contributed by atoms with van der Waals surface area (Å²) >= 11 is 0. The zero-order chi connectivity index (χ0) is 24.1. The van der Waals surface area contributed by atoms with Crippen molar-refractivity contribution in [3.63, 3.8) is 0 Å². The molecule has 2 N–H and O–H groups in total. The summed E-state index contributed by atoms with van der Waals surface area (Å²) < 4.78 is 16.3. The van der Waals surface area contributed by atoms with Crippen molar-refractivity contribution < 1.29 is 28.9 Å². The first kappa shape index (κ1) is 20.9. The average molecular weight is 468 g/mol. The van der Waals surface area contributed by atoms with E-state index in [9.17, 15) is 14.7 Å². The fourth-order valence-corrected chi connectivity index (χ4v) is 4.73. The molecule has 174 valence electrons. The summed E-state index contributed by atoms with van der Waals surface area (Å²) in [7, 11) is 1.48. The van der Waals surface area contributed by atoms with Gasteiger partial charge in [0.2, 0.25) is 6.79 Å². The lowest BCUT2D eigenvalue weighted by molar-refractivity contribution is -0.132. The first-order valence-corrected chi connectivity index (χ1v) is 11.0. The van der Waals surface area contributed by atoms with Crippen LogP contribution in [0.5, 0.6) is 17.2 Å². The van der Waals surface area contributed by atoms with Gasteiger partial charge < -0.3 is 24.3 Å². The maximum absolute atomic E-state index is 13.5. The van der Waals surface area contributed by atoms with Gasteiger partial charge in [0.05, 0.1) is 24.3 Å². The van der Waals surface area contributed by atoms with Gasteiger partial charge in [0, 0.05) is 34.4 Å². The first-order valence-electron chi connectivity index (χ1n) is 11.0. The lowest BCUT2D eigenvalue weighted by Crippen LogP contribution is -2.29. The van der Waals surface area contributed by atoms with Gasteiger partial charge in [-0.3, -0.25) is 14.5 Å². The fraction of sp³-hybridized carbons (Fsp3) is 0.111. The Morgan fingerprint density at radius 2 is 1.80 bits per heavy atom. The number of hydrogen-bond acceptors (Lipinski definition) is 6. The molecule has 0 radical (unpaired) electrons. The normalized spacial score (nSPS) is 18.4. The highest BCUT2D eigenvalue weighted by Crippen LogP contribution is 2.46. The summed E-state index contributed by atoms with van der Waals surface area (Å²) in [6.07, 6.45) is 1.76. The van der Waals surface area contributed by atoms with Gasteiger partial charge in [0.15, 0.2) is 11.5 Å². The molecular weight excluding hydrogens is 448 g/mol. The van der Waals surface area contributed by atoms with E-state index >= 15 is 0 Å². The highest BCUT2D eigenvalue weighted by Gasteiger charge is 2.48. The summed E-state index contributed by atoms with van der Waals surface area (Å²) in [5.41, 5.74) is 2.26. The summed E-state index contributed by atoms with van der Waals surface area (Å²) in [5.74, 6) is -0.428. The number of aromatic amines is 1. The Bertz CT molecular complexity index is 1540. The van der Waals surface area contributed by atoms with Gasteiger partial charge in [0.1, 0.15) is 11.5 Å². The largest absolute Gasteiger partial charge is 0.507 e. The number of amides is 1. The predicted octanol–water partition coefficient (Wildman–Crippen LogP) is 4.53. The van der Waals surface area contributed by atoms with Gasteiger partial charge in [0.25, 0.3) is 11.7 Å². The average Bonchev–Trinajstić information content (AvgIpc) is 3.59. The van der Waals surface area contributed by atoms with Crippen molar-refractivity contribution in [1.29, 1.82) is 0 Å². The number of carbonyl (C=O) groups excluding carboxylic acids is 2. The van der Waals surface area contributed by atoms with Crippen LogP contribution in [0.1, 0.15) is 17.2 Å². The number of benzene rings is 3. The molecule has 0 aliphatic carbocycles. The van der Waals surface area contributed by atoms with E-state index in [1.54, 1.807) is 48.7 Å². The van der Waals surface area contributed by atoms with E-state index in [-0.39, 0.29) is 18.1 Å². The van der Waals surface area contributed by atoms with Crippen molar-refractivity contribution in [1.82, 2.24) is 4.98 Å². The molecule has 2 aliphatic rings. The number of Topliss-reactive ketones (excluding diaryl/α,β-unsaturated/α-hetero) is 1. The molecule has 1 fully saturated rings. The highest BCUT2D eigenvalue weighted by molar-refractivity contribution is 6.52. The molecule has 1 saturated heterocycles. The van der Waals surface area contributed by atoms with Gasteiger partial charge in [-0.15, -0.1) is 0 Å². The molecule has 8 heteroatoms. The molecule has 1 aromatic heterocycles. The second-order valence-electron chi connectivity index (χ2n) is 8.20. The van der Waals surface area contributed by atoms with Crippen LogP contribution >= 0.6 is 0 Å². The number of anilines is 1. The highest BCUT2D eigenvalue weighted by atomic mass is 16.7. The van der Waals surface area contributed by atoms with E-state index in [1.165, 1.54) is 12.0 Å². The van der Waals surface area contributed by atoms with Crippen molar-refractivity contribution in [2.75, 3.05) is 18.8 Å². The Morgan fingerprint density at radius 1 is 1.03 bits per heavy atom. The SMILES string of the molecule is COc1ccccc1/C(O)=C1\C(=O)C(=O)N(c2ccc3c(c2)OCO3)C1c1c[nH]c2ccccc12. The third-order valence-corrected chi connectivity index (χ3v) is 6.36. The monoisotopic (exact) mass is 468 g/mol. The Hall–Kier alpha value is -4.72. The number of H-pyrrole nitrogens is 1. The van der Waals surface area contributed by atoms with Crippen LogP contribution < -0.4 is 19.1 Å². The number of rotatable bonds is 4. The Balaban J connectivity index is 1.61. The van der Waals surface area contributed by atoms with Crippen molar-refractivity contribution in [2.24, 2.45) is 0 Å². The second-order valence-corrected chi connectivity index (χ2v) is 8.20. The predicted molar refractivity (Wildman–Crippen MR) is 129 cm³/mol. The van der Waals surface area contributed by atoms with Gasteiger partial charge in [-0.25, -0.2) is 0 Å². The van der Waals surface area contributed by atoms with E-state index in [1.807, 2.05) is 24.3 Å². The smallest absolute Gasteiger partial charge is 0.300 e. The number of nitrogens with one attached hydrogen (secondary N) is 1. The summed E-state index contributed by atoms with van der Waals surface area (Å²) in [6.45, 7) is 0.0806. The molecule has 8 nitrogen and oxygen atoms in total. The summed E-state index contributed by atoms with van der Waals surface area (Å²) in [5, 5.41) is 12.3. The van der Waals surface area contributed by atoms with Crippen LogP contribution in [0.2, 0.25) is 0 Å². The summed E-state index contributed by atoms with van der Waals surface area (Å²) in [4.78, 5) is 31.5. The third-order valence-electron chi connectivity index (χ3n) is 6.36. The fourth-order valence-electron chi connectivity index (χ4n) is 4.73. The number of aliphatic hydroxyl groups excluding tert-OH is 1. The number of methoxy groups -OCH3 is 1. The number of fused-ring (bicyclic) bond motifs is 2. The van der Waals surface area contributed by atoms with Gasteiger partial charge in [-0.1, -0.05) is 30.3 Å². The molecule has 4 aromatic rings. The minimum Gasteiger partial charge on any atom is -0.507 e. The van der Waals surface area contributed by atoms with E-state index in [0.717, 1.165) is 10.9 Å². The van der Waals surface area contributed by atoms with Crippen molar-refractivity contribution in [2.45, 2.75) is 6.04 Å². The molecule has 3 aromatic carbocycles. The number of aliphatic hydroxyl groups is 1. The lowest BCUT2D eigenvalue weighted by Gasteiger charge is -2.25. The maximum atomic E-state index is 13.5. The Labute approximate surface area is 200 Å². The Morgan fingerprint density at radius 3 is 2.66 bits per heavy atom. The van der Waals surface area contributed by atoms with Gasteiger partial charge in [-0.05, 0) is 30.3 Å². The Kier molecular flexibility index (Phi) is 4.74. The van der Waals surface area contributed by atoms with E-state index < -0.39 is 17.7 Å². The third kappa shape index (κ3) is 3.14. The van der Waals surface area contributed by atoms with Gasteiger partial charge >= 0.3 is 0 Å². The van der Waals surface area contributed by atoms with Gasteiger partial charge in [-0.2, -0.15) is 0 Å². The van der Waals surface area contributed by atoms with Crippen LogP contribution in [0.25, 0.3) is 16.7 Å². The van der Waals surface area contributed by atoms with Crippen LogP contribution in [0, 0.1) is 0 Å². The first-order chi connectivity index (χ1) is 17.1. The van der Waals surface area contributed by atoms with Crippen molar-refractivity contribution >= 4 is 34.0 Å². The van der Waals surface area contributed by atoms with Crippen LogP contribution in [-0.2, 0) is 9.59 Å². The minimum absolute atomic E-state index is 0.0260. The standard InChI is InChI=1S/C27H20N2O6/c1-33-20-9-5-3-7-17(20)25(30)23-24(18-13-28-19-8-4-2-6-16(18)19)29(27(32)26(23)31)15-10-11-21-22(12-15)35-14-34-21/h2-13,24,28,30H,14H2,1H3/b25-23+. The molecule has 2 aliphatic heterocycles. The number of ketones is 1. The molecule has 3 heterocycles. The minimum atomic E-state index is -0.892. The molecule has 0 bridgehead atoms. The maximum Gasteiger partial charge on any atom is 0.300 e. The molecule has 0 spiro atoms. The molecule has 6 rings (SSSR count). The van der Waals surface area contributed by atoms with E-state index in [2.05, 4.69) is 4.98 Å². The summed E-state index contributed by atoms with van der Waals surface area (Å²) in [6, 6.07) is 18.6. The number of aromatic nitrogens is 1. The number of ether oxygens (including phenoxy) is 3. The van der Waals surface area contributed by atoms with Crippen LogP contribution in [0.15, 0.2) is 78.5 Å². The zero-order valence-electron chi connectivity index (χ0n) is 18.6. The topological polar surface area (TPSA) is 101 Å². The molecule has 35 heavy (non-hydrogen) atoms. The number of nitrogens with zero attached hydrogens (tertiary/aromatic N) is 1. The van der Waals surface area contributed by atoms with Crippen molar-refractivity contribution in [3.05, 3.63) is 89.6 Å². The van der Waals surface area contributed by atoms with Crippen LogP contribution in [0.4, 0.5) is 5.69 Å². The molecule has 1 amide bonds. The van der Waals surface area contributed by atoms with Crippen molar-refractivity contribution in [3.8, 4) is 17.2 Å². The van der Waals surface area contributed by atoms with E-state index in [0.29, 0.717) is 34.1 Å². The molecular formula is C27H20N2O6. The quantitative estimate of drug-likeness (QED) is 0.259. The molecule has 1 unspecified atom stereocenters. The van der Waals surface area contributed by atoms with Crippen LogP contribution in [0.3, 0.4) is 0 Å². The number of hydrogen-bond donors (Lipinski definition) is 2. The molecule has 1 atom stereocenters. The second kappa shape index (κ2) is 7.95. The van der Waals surface area contributed by atoms with E-state index in [4.69, 9.17) is 14.2 Å². The molecule has 0 saturated carbocycles. The number of para-hydroxylation sites is 2. The lowest BCUT2D eigenvalue weighted by atomic mass is 9.94. The van der Waals surface area contributed by atoms with Crippen LogP contribution in [-0.4, -0.2) is 35.7 Å². The number of carbonyl (C=O) groups is 2. The zero-order valence-corrected chi connectivity index (χ0v) is 18.6.